The average molecular weight is 211 g/mol. The molecular formula is C8H12F3NO2. The van der Waals surface area contributed by atoms with Gasteiger partial charge in [0.1, 0.15) is 0 Å². The van der Waals surface area contributed by atoms with E-state index in [0.29, 0.717) is 0 Å². The molecule has 1 rings (SSSR count). The number of hydrogen-bond donors (Lipinski definition) is 1. The van der Waals surface area contributed by atoms with E-state index in [9.17, 15) is 18.0 Å². The Morgan fingerprint density at radius 1 is 1.64 bits per heavy atom. The summed E-state index contributed by atoms with van der Waals surface area (Å²) in [6.45, 7) is 1.31. The van der Waals surface area contributed by atoms with Crippen LogP contribution in [0.5, 0.6) is 0 Å². The largest absolute Gasteiger partial charge is 0.466 e. The minimum atomic E-state index is -4.36. The van der Waals surface area contributed by atoms with Gasteiger partial charge in [-0.1, -0.05) is 0 Å². The number of hydrogen-bond acceptors (Lipinski definition) is 3. The summed E-state index contributed by atoms with van der Waals surface area (Å²) < 4.78 is 41.3. The third kappa shape index (κ3) is 1.70. The Morgan fingerprint density at radius 2 is 2.21 bits per heavy atom. The lowest BCUT2D eigenvalue weighted by Crippen LogP contribution is -2.33. The normalized spacial score (nSPS) is 31.4. The van der Waals surface area contributed by atoms with Gasteiger partial charge in [0.25, 0.3) is 0 Å². The first-order chi connectivity index (χ1) is 6.38. The smallest absolute Gasteiger partial charge is 0.393 e. The van der Waals surface area contributed by atoms with Crippen molar-refractivity contribution in [3.05, 3.63) is 0 Å². The number of carbonyl (C=O) groups is 1. The van der Waals surface area contributed by atoms with Crippen LogP contribution in [0.15, 0.2) is 0 Å². The molecule has 82 valence electrons. The molecule has 1 fully saturated rings. The maximum Gasteiger partial charge on any atom is 0.393 e. The zero-order chi connectivity index (χ0) is 11.0. The first-order valence-corrected chi connectivity index (χ1v) is 4.32. The van der Waals surface area contributed by atoms with E-state index in [2.05, 4.69) is 4.74 Å². The molecule has 0 spiro atoms. The molecule has 1 aliphatic carbocycles. The first-order valence-electron chi connectivity index (χ1n) is 4.32. The highest BCUT2D eigenvalue weighted by atomic mass is 19.4. The summed E-state index contributed by atoms with van der Waals surface area (Å²) in [5.74, 6) is -2.45. The molecule has 3 nitrogen and oxygen atoms in total. The van der Waals surface area contributed by atoms with Crippen LogP contribution in [-0.2, 0) is 9.53 Å². The van der Waals surface area contributed by atoms with Crippen LogP contribution in [0.3, 0.4) is 0 Å². The lowest BCUT2D eigenvalue weighted by molar-refractivity contribution is -0.170. The van der Waals surface area contributed by atoms with Gasteiger partial charge in [0, 0.05) is 6.54 Å². The highest BCUT2D eigenvalue weighted by Gasteiger charge is 2.70. The van der Waals surface area contributed by atoms with Crippen LogP contribution in [0.2, 0.25) is 0 Å². The Balaban J connectivity index is 2.70. The number of nitrogens with two attached hydrogens (primary N) is 1. The molecule has 1 saturated carbocycles. The van der Waals surface area contributed by atoms with Gasteiger partial charge in [-0.15, -0.1) is 0 Å². The summed E-state index contributed by atoms with van der Waals surface area (Å²) in [6.07, 6.45) is -4.60. The molecule has 2 N–H and O–H groups in total. The van der Waals surface area contributed by atoms with Gasteiger partial charge in [-0.25, -0.2) is 0 Å². The highest BCUT2D eigenvalue weighted by molar-refractivity contribution is 5.81. The highest BCUT2D eigenvalue weighted by Crippen LogP contribution is 2.60. The van der Waals surface area contributed by atoms with E-state index in [1.165, 1.54) is 0 Å². The lowest BCUT2D eigenvalue weighted by atomic mass is 10.0. The minimum absolute atomic E-state index is 0.0746. The van der Waals surface area contributed by atoms with Gasteiger partial charge < -0.3 is 10.5 Å². The van der Waals surface area contributed by atoms with Crippen molar-refractivity contribution in [2.24, 2.45) is 17.1 Å². The van der Waals surface area contributed by atoms with Crippen LogP contribution in [0.25, 0.3) is 0 Å². The Kier molecular flexibility index (Phi) is 2.76. The van der Waals surface area contributed by atoms with E-state index in [0.717, 1.165) is 0 Å². The molecule has 0 unspecified atom stereocenters. The van der Waals surface area contributed by atoms with Crippen molar-refractivity contribution < 1.29 is 22.7 Å². The Hall–Kier alpha value is -0.780. The summed E-state index contributed by atoms with van der Waals surface area (Å²) in [5.41, 5.74) is 3.68. The van der Waals surface area contributed by atoms with Crippen molar-refractivity contribution in [3.8, 4) is 0 Å². The van der Waals surface area contributed by atoms with Gasteiger partial charge in [0.2, 0.25) is 0 Å². The molecule has 14 heavy (non-hydrogen) atoms. The molecule has 2 atom stereocenters. The van der Waals surface area contributed by atoms with E-state index in [-0.39, 0.29) is 19.6 Å². The number of alkyl halides is 3. The topological polar surface area (TPSA) is 52.3 Å². The summed E-state index contributed by atoms with van der Waals surface area (Å²) in [5, 5.41) is 0. The molecule has 6 heteroatoms. The Morgan fingerprint density at radius 3 is 2.50 bits per heavy atom. The van der Waals surface area contributed by atoms with Gasteiger partial charge in [0.15, 0.2) is 0 Å². The molecule has 0 aromatic heterocycles. The summed E-state index contributed by atoms with van der Waals surface area (Å²) in [4.78, 5) is 11.2. The van der Waals surface area contributed by atoms with Gasteiger partial charge >= 0.3 is 12.1 Å². The molecule has 0 heterocycles. The third-order valence-electron chi connectivity index (χ3n) is 2.52. The van der Waals surface area contributed by atoms with E-state index in [4.69, 9.17) is 5.73 Å². The van der Waals surface area contributed by atoms with Gasteiger partial charge in [-0.2, -0.15) is 13.2 Å². The zero-order valence-electron chi connectivity index (χ0n) is 7.73. The number of rotatable bonds is 3. The second kappa shape index (κ2) is 3.42. The summed E-state index contributed by atoms with van der Waals surface area (Å²) in [7, 11) is 0. The van der Waals surface area contributed by atoms with Crippen molar-refractivity contribution in [1.82, 2.24) is 0 Å². The van der Waals surface area contributed by atoms with Gasteiger partial charge in [-0.05, 0) is 13.3 Å². The maximum absolute atomic E-state index is 12.3. The van der Waals surface area contributed by atoms with E-state index in [1.807, 2.05) is 0 Å². The molecular weight excluding hydrogens is 199 g/mol. The Labute approximate surface area is 79.4 Å². The lowest BCUT2D eigenvalue weighted by Gasteiger charge is -2.14. The van der Waals surface area contributed by atoms with Crippen LogP contribution in [-0.4, -0.2) is 25.3 Å². The van der Waals surface area contributed by atoms with E-state index >= 15 is 0 Å². The molecule has 0 aromatic carbocycles. The van der Waals surface area contributed by atoms with Crippen LogP contribution < -0.4 is 5.73 Å². The van der Waals surface area contributed by atoms with E-state index in [1.54, 1.807) is 6.92 Å². The van der Waals surface area contributed by atoms with Crippen molar-refractivity contribution in [2.75, 3.05) is 13.2 Å². The van der Waals surface area contributed by atoms with Crippen molar-refractivity contribution >= 4 is 5.97 Å². The number of esters is 1. The molecule has 0 aliphatic heterocycles. The molecule has 0 saturated heterocycles. The molecule has 0 bridgehead atoms. The molecule has 1 aliphatic rings. The summed E-state index contributed by atoms with van der Waals surface area (Å²) >= 11 is 0. The average Bonchev–Trinajstić information content (AvgIpc) is 2.79. The second-order valence-electron chi connectivity index (χ2n) is 3.38. The van der Waals surface area contributed by atoms with Crippen molar-refractivity contribution in [2.45, 2.75) is 19.5 Å². The minimum Gasteiger partial charge on any atom is -0.466 e. The predicted octanol–water partition coefficient (Wildman–Crippen LogP) is 1.08. The van der Waals surface area contributed by atoms with Crippen LogP contribution in [0.4, 0.5) is 13.2 Å². The number of halogens is 3. The van der Waals surface area contributed by atoms with Crippen molar-refractivity contribution in [1.29, 1.82) is 0 Å². The standard InChI is InChI=1S/C8H12F3NO2/c1-2-14-6(13)7(4-12)3-5(7)8(9,10)11/h5H,2-4,12H2,1H3/t5-,7+/m0/s1. The fourth-order valence-electron chi connectivity index (χ4n) is 1.54. The second-order valence-corrected chi connectivity index (χ2v) is 3.38. The third-order valence-corrected chi connectivity index (χ3v) is 2.52. The Bertz CT molecular complexity index is 241. The predicted molar refractivity (Wildman–Crippen MR) is 42.3 cm³/mol. The monoisotopic (exact) mass is 211 g/mol. The number of carbonyl (C=O) groups excluding carboxylic acids is 1. The quantitative estimate of drug-likeness (QED) is 0.710. The fraction of sp³-hybridized carbons (Fsp3) is 0.875. The van der Waals surface area contributed by atoms with Crippen LogP contribution in [0, 0.1) is 11.3 Å². The van der Waals surface area contributed by atoms with Gasteiger partial charge in [-0.3, -0.25) is 4.79 Å². The number of ether oxygens (including phenoxy) is 1. The fourth-order valence-corrected chi connectivity index (χ4v) is 1.54. The van der Waals surface area contributed by atoms with Gasteiger partial charge in [0.05, 0.1) is 17.9 Å². The zero-order valence-corrected chi connectivity index (χ0v) is 7.73. The summed E-state index contributed by atoms with van der Waals surface area (Å²) in [6, 6.07) is 0. The molecule has 0 amide bonds. The van der Waals surface area contributed by atoms with Crippen LogP contribution >= 0.6 is 0 Å². The molecule has 0 radical (unpaired) electrons. The SMILES string of the molecule is CCOC(=O)[C@@]1(CN)C[C@@H]1C(F)(F)F. The van der Waals surface area contributed by atoms with E-state index < -0.39 is 23.5 Å². The van der Waals surface area contributed by atoms with Crippen molar-refractivity contribution in [3.63, 3.8) is 0 Å². The maximum atomic E-state index is 12.3. The van der Waals surface area contributed by atoms with Crippen LogP contribution in [0.1, 0.15) is 13.3 Å². The molecule has 0 aromatic rings. The first kappa shape index (κ1) is 11.3.